The van der Waals surface area contributed by atoms with Crippen molar-refractivity contribution in [2.24, 2.45) is 0 Å². The summed E-state index contributed by atoms with van der Waals surface area (Å²) in [7, 11) is 0. The van der Waals surface area contributed by atoms with Crippen LogP contribution in [-0.4, -0.2) is 26.2 Å². The Labute approximate surface area is 114 Å². The van der Waals surface area contributed by atoms with Crippen molar-refractivity contribution in [2.75, 3.05) is 26.2 Å². The van der Waals surface area contributed by atoms with Crippen molar-refractivity contribution in [3.05, 3.63) is 70.9 Å². The fourth-order valence-electron chi connectivity index (χ4n) is 0. The van der Waals surface area contributed by atoms with Crippen LogP contribution in [0, 0.1) is 0 Å². The van der Waals surface area contributed by atoms with Crippen LogP contribution in [-0.2, 0) is 16.8 Å². The molecule has 14 heteroatoms. The third-order valence-electron chi connectivity index (χ3n) is 0.250. The predicted octanol–water partition coefficient (Wildman–Crippen LogP) is 4.78. The van der Waals surface area contributed by atoms with Gasteiger partial charge in [0.15, 0.2) is 0 Å². The van der Waals surface area contributed by atoms with E-state index in [0.29, 0.717) is 0 Å². The van der Waals surface area contributed by atoms with E-state index in [1.54, 1.807) is 0 Å². The Bertz CT molecular complexity index is 149. The summed E-state index contributed by atoms with van der Waals surface area (Å²) < 4.78 is 0. The van der Waals surface area contributed by atoms with Gasteiger partial charge in [0.25, 0.3) is 0 Å². The van der Waals surface area contributed by atoms with Gasteiger partial charge in [-0.05, 0) is 0 Å². The molecule has 0 bridgehead atoms. The quantitative estimate of drug-likeness (QED) is 0.378. The second-order valence-electron chi connectivity index (χ2n) is 1.27. The van der Waals surface area contributed by atoms with Crippen LogP contribution in [0.5, 0.6) is 0 Å². The summed E-state index contributed by atoms with van der Waals surface area (Å²) >= 11 is 0. The van der Waals surface area contributed by atoms with Gasteiger partial charge in [0, 0.05) is 0 Å². The topological polar surface area (TPSA) is 271 Å². The standard InChI is InChI=1S/2C2H6N2.Co.3N3/c2*3-1-2-4;;3*1-3-2/h2*3-4H,1-2H2;;;;/q2*-2;+3;3*-1. The summed E-state index contributed by atoms with van der Waals surface area (Å²) in [5.74, 6) is 0. The fourth-order valence-corrected chi connectivity index (χ4v) is 0. The molecule has 0 saturated heterocycles. The molecule has 0 atom stereocenters. The van der Waals surface area contributed by atoms with Crippen LogP contribution < -0.4 is 0 Å². The van der Waals surface area contributed by atoms with E-state index in [1.807, 2.05) is 0 Å². The molecule has 0 aromatic heterocycles. The van der Waals surface area contributed by atoms with Gasteiger partial charge in [-0.25, -0.2) is 0 Å². The van der Waals surface area contributed by atoms with Crippen molar-refractivity contribution in [3.8, 4) is 0 Å². The molecule has 0 spiro atoms. The average molecular weight is 301 g/mol. The molecule has 0 aliphatic rings. The molecule has 18 heavy (non-hydrogen) atoms. The molecule has 13 nitrogen and oxygen atoms in total. The zero-order valence-corrected chi connectivity index (χ0v) is 10.2. The van der Waals surface area contributed by atoms with E-state index in [-0.39, 0.29) is 43.0 Å². The first-order valence-electron chi connectivity index (χ1n) is 3.61. The van der Waals surface area contributed by atoms with Gasteiger partial charge < -0.3 is 56.1 Å². The Kier molecular flexibility index (Phi) is 223. The van der Waals surface area contributed by atoms with Crippen molar-refractivity contribution in [1.29, 1.82) is 0 Å². The SMILES string of the molecule is [Co+3].[N-]=[N+]=[N-].[N-]=[N+]=[N-].[N-]=[N+]=[N-].[NH-]CC[NH-].[NH-]CC[NH-]. The molecule has 0 fully saturated rings. The van der Waals surface area contributed by atoms with Gasteiger partial charge in [-0.15, -0.1) is 0 Å². The van der Waals surface area contributed by atoms with Crippen molar-refractivity contribution >= 4 is 0 Å². The maximum atomic E-state index is 6.75. The summed E-state index contributed by atoms with van der Waals surface area (Å²) in [6.45, 7) is 0.944. The molecule has 4 N–H and O–H groups in total. The van der Waals surface area contributed by atoms with Gasteiger partial charge in [-0.2, -0.15) is 26.2 Å². The van der Waals surface area contributed by atoms with Crippen molar-refractivity contribution in [3.63, 3.8) is 0 Å². The monoisotopic (exact) mass is 301 g/mol. The minimum Gasteiger partial charge on any atom is -0.679 e. The number of nitrogens with one attached hydrogen (secondary N) is 4. The van der Waals surface area contributed by atoms with E-state index in [1.165, 1.54) is 14.7 Å². The van der Waals surface area contributed by atoms with Crippen LogP contribution in [0.2, 0.25) is 0 Å². The molecular formula is C4H12CoN13-4. The van der Waals surface area contributed by atoms with E-state index in [0.717, 1.165) is 0 Å². The van der Waals surface area contributed by atoms with Crippen molar-refractivity contribution < 1.29 is 16.8 Å². The van der Waals surface area contributed by atoms with Gasteiger partial charge >= 0.3 is 16.8 Å². The van der Waals surface area contributed by atoms with E-state index in [2.05, 4.69) is 0 Å². The second-order valence-corrected chi connectivity index (χ2v) is 1.27. The maximum Gasteiger partial charge on any atom is 3.00 e. The van der Waals surface area contributed by atoms with Gasteiger partial charge in [-0.1, -0.05) is 0 Å². The molecular weight excluding hydrogens is 289 g/mol. The molecule has 0 rings (SSSR count). The first-order chi connectivity index (χ1) is 8.07. The van der Waals surface area contributed by atoms with E-state index in [4.69, 9.17) is 56.1 Å². The molecule has 0 aliphatic carbocycles. The minimum absolute atomic E-state index is 0. The van der Waals surface area contributed by atoms with Crippen molar-refractivity contribution in [1.82, 2.24) is 0 Å². The third kappa shape index (κ3) is 32900. The normalized spacial score (nSPS) is 4.67. The van der Waals surface area contributed by atoms with Gasteiger partial charge in [-0.3, -0.25) is 14.7 Å². The Morgan fingerprint density at radius 2 is 0.556 bits per heavy atom. The number of rotatable bonds is 2. The Balaban J connectivity index is -0.0000000249. The van der Waals surface area contributed by atoms with E-state index < -0.39 is 0 Å². The largest absolute Gasteiger partial charge is 3.00 e. The molecule has 0 unspecified atom stereocenters. The molecule has 106 valence electrons. The van der Waals surface area contributed by atoms with Crippen molar-refractivity contribution in [2.45, 2.75) is 0 Å². The maximum absolute atomic E-state index is 6.75. The third-order valence-corrected chi connectivity index (χ3v) is 0.250. The number of nitrogens with zero attached hydrogens (tertiary/aromatic N) is 9. The Morgan fingerprint density at radius 3 is 0.556 bits per heavy atom. The van der Waals surface area contributed by atoms with Crippen LogP contribution in [0.15, 0.2) is 0 Å². The van der Waals surface area contributed by atoms with Crippen LogP contribution in [0.25, 0.3) is 70.9 Å². The molecule has 0 aromatic rings. The minimum atomic E-state index is 0. The molecule has 0 saturated carbocycles. The summed E-state index contributed by atoms with van der Waals surface area (Å²) in [6, 6.07) is 0. The van der Waals surface area contributed by atoms with Crippen LogP contribution in [0.1, 0.15) is 0 Å². The van der Waals surface area contributed by atoms with Crippen LogP contribution >= 0.6 is 0 Å². The summed E-state index contributed by atoms with van der Waals surface area (Å²) in [4.78, 5) is 4.50. The summed E-state index contributed by atoms with van der Waals surface area (Å²) in [5, 5.41) is 0. The predicted molar refractivity (Wildman–Crippen MR) is 67.0 cm³/mol. The summed E-state index contributed by atoms with van der Waals surface area (Å²) in [6.07, 6.45) is 0. The number of hydrogen-bond acceptors (Lipinski definition) is 0. The fraction of sp³-hybridized carbons (Fsp3) is 1.00. The van der Waals surface area contributed by atoms with Gasteiger partial charge in [0.1, 0.15) is 0 Å². The first-order valence-corrected chi connectivity index (χ1v) is 3.61. The van der Waals surface area contributed by atoms with E-state index in [9.17, 15) is 0 Å². The van der Waals surface area contributed by atoms with Crippen LogP contribution in [0.3, 0.4) is 0 Å². The van der Waals surface area contributed by atoms with Gasteiger partial charge in [0.05, 0.1) is 0 Å². The molecule has 0 heterocycles. The molecule has 0 aromatic carbocycles. The zero-order chi connectivity index (χ0) is 14.9. The second kappa shape index (κ2) is 112. The Hall–Kier alpha value is -1.72. The average Bonchev–Trinajstić information content (AvgIpc) is 2.32. The van der Waals surface area contributed by atoms with Crippen LogP contribution in [0.4, 0.5) is 0 Å². The zero-order valence-electron chi connectivity index (χ0n) is 9.19. The molecule has 0 amide bonds. The van der Waals surface area contributed by atoms with Gasteiger partial charge in [0.2, 0.25) is 0 Å². The molecule has 0 radical (unpaired) electrons. The summed E-state index contributed by atoms with van der Waals surface area (Å²) in [5.41, 5.74) is 65.6. The Morgan fingerprint density at radius 1 is 0.500 bits per heavy atom. The smallest absolute Gasteiger partial charge is 0.679 e. The molecule has 0 aliphatic heterocycles. The van der Waals surface area contributed by atoms with E-state index >= 15 is 0 Å². The number of hydrogen-bond donors (Lipinski definition) is 0. The first kappa shape index (κ1) is 36.0.